The molecule has 2 saturated heterocycles. The van der Waals surface area contributed by atoms with Gasteiger partial charge in [-0.1, -0.05) is 59.7 Å². The zero-order valence-corrected chi connectivity index (χ0v) is 40.2. The van der Waals surface area contributed by atoms with Gasteiger partial charge in [0.15, 0.2) is 39.6 Å². The average molecular weight is 863 g/mol. The monoisotopic (exact) mass is 862 g/mol. The summed E-state index contributed by atoms with van der Waals surface area (Å²) in [5, 5.41) is 0.172. The highest BCUT2D eigenvalue weighted by Gasteiger charge is 2.41. The number of anilines is 2. The molecular formula is C46H70N4O8Si2. The van der Waals surface area contributed by atoms with Crippen LogP contribution in [-0.2, 0) is 22.1 Å². The summed E-state index contributed by atoms with van der Waals surface area (Å²) in [5.41, 5.74) is 16.2. The summed E-state index contributed by atoms with van der Waals surface area (Å²) in [5.74, 6) is 1.46. The zero-order valence-electron chi connectivity index (χ0n) is 38.2. The summed E-state index contributed by atoms with van der Waals surface area (Å²) in [6.45, 7) is 25.0. The molecule has 2 heterocycles. The number of nitrogens with zero attached hydrogens (tertiary/aromatic N) is 2. The van der Waals surface area contributed by atoms with E-state index in [1.165, 1.54) is 0 Å². The number of nitrogens with two attached hydrogens (primary N) is 2. The van der Waals surface area contributed by atoms with Crippen LogP contribution >= 0.6 is 0 Å². The Bertz CT molecular complexity index is 1860. The molecule has 0 aromatic heterocycles. The lowest BCUT2D eigenvalue weighted by Gasteiger charge is -2.38. The minimum absolute atomic E-state index is 0.00236. The lowest BCUT2D eigenvalue weighted by molar-refractivity contribution is 0.0678. The van der Waals surface area contributed by atoms with Crippen molar-refractivity contribution in [1.29, 1.82) is 0 Å². The van der Waals surface area contributed by atoms with Gasteiger partial charge in [0.05, 0.1) is 50.6 Å². The molecule has 3 aromatic carbocycles. The summed E-state index contributed by atoms with van der Waals surface area (Å²) < 4.78 is 36.8. The molecule has 0 radical (unpaired) electrons. The topological polar surface area (TPSA) is 148 Å². The van der Waals surface area contributed by atoms with Crippen LogP contribution in [0.4, 0.5) is 11.4 Å². The van der Waals surface area contributed by atoms with Gasteiger partial charge in [-0.25, -0.2) is 0 Å². The number of amides is 2. The van der Waals surface area contributed by atoms with E-state index in [4.69, 9.17) is 39.3 Å². The molecule has 5 rings (SSSR count). The fraction of sp³-hybridized carbons (Fsp3) is 0.565. The van der Waals surface area contributed by atoms with Gasteiger partial charge in [0.25, 0.3) is 11.8 Å². The molecule has 0 spiro atoms. The van der Waals surface area contributed by atoms with E-state index in [2.05, 4.69) is 67.7 Å². The molecule has 60 heavy (non-hydrogen) atoms. The maximum absolute atomic E-state index is 13.9. The van der Waals surface area contributed by atoms with Crippen molar-refractivity contribution in [2.24, 2.45) is 0 Å². The van der Waals surface area contributed by atoms with E-state index < -0.39 is 16.6 Å². The quantitative estimate of drug-likeness (QED) is 0.106. The van der Waals surface area contributed by atoms with Gasteiger partial charge < -0.3 is 49.1 Å². The van der Waals surface area contributed by atoms with E-state index in [-0.39, 0.29) is 47.2 Å². The van der Waals surface area contributed by atoms with Crippen LogP contribution in [0, 0.1) is 0 Å². The molecule has 2 fully saturated rings. The van der Waals surface area contributed by atoms with E-state index in [1.54, 1.807) is 38.5 Å². The van der Waals surface area contributed by atoms with Gasteiger partial charge in [0.2, 0.25) is 0 Å². The summed E-state index contributed by atoms with van der Waals surface area (Å²) in [7, 11) is -0.834. The van der Waals surface area contributed by atoms with Crippen LogP contribution in [0.1, 0.15) is 99.1 Å². The maximum atomic E-state index is 13.9. The number of ether oxygens (including phenoxy) is 4. The Morgan fingerprint density at radius 1 is 0.633 bits per heavy atom. The molecule has 330 valence electrons. The van der Waals surface area contributed by atoms with Crippen LogP contribution < -0.4 is 30.4 Å². The van der Waals surface area contributed by atoms with Gasteiger partial charge in [0.1, 0.15) is 13.2 Å². The van der Waals surface area contributed by atoms with Crippen molar-refractivity contribution in [3.63, 3.8) is 0 Å². The first-order chi connectivity index (χ1) is 28.1. The van der Waals surface area contributed by atoms with Crippen molar-refractivity contribution in [2.75, 3.05) is 52.0 Å². The highest BCUT2D eigenvalue weighted by molar-refractivity contribution is 6.74. The zero-order chi connectivity index (χ0) is 44.2. The van der Waals surface area contributed by atoms with E-state index in [1.807, 2.05) is 34.1 Å². The second-order valence-electron chi connectivity index (χ2n) is 19.3. The van der Waals surface area contributed by atoms with Crippen LogP contribution in [0.2, 0.25) is 36.3 Å². The van der Waals surface area contributed by atoms with E-state index >= 15 is 0 Å². The number of likely N-dealkylation sites (tertiary alicyclic amines) is 2. The third kappa shape index (κ3) is 10.8. The second-order valence-corrected chi connectivity index (χ2v) is 28.9. The number of benzene rings is 3. The first-order valence-corrected chi connectivity index (χ1v) is 27.1. The molecule has 2 aliphatic heterocycles. The van der Waals surface area contributed by atoms with Crippen molar-refractivity contribution >= 4 is 39.8 Å². The molecule has 0 aliphatic carbocycles. The Labute approximate surface area is 360 Å². The van der Waals surface area contributed by atoms with Crippen LogP contribution in [0.15, 0.2) is 48.5 Å². The van der Waals surface area contributed by atoms with Gasteiger partial charge in [-0.2, -0.15) is 0 Å². The molecule has 0 unspecified atom stereocenters. The van der Waals surface area contributed by atoms with E-state index in [0.29, 0.717) is 71.8 Å². The van der Waals surface area contributed by atoms with Gasteiger partial charge in [0, 0.05) is 36.6 Å². The van der Waals surface area contributed by atoms with E-state index in [0.717, 1.165) is 36.8 Å². The van der Waals surface area contributed by atoms with Crippen molar-refractivity contribution in [3.8, 4) is 23.0 Å². The summed E-state index contributed by atoms with van der Waals surface area (Å²) in [4.78, 5) is 31.5. The normalized spacial score (nSPS) is 17.5. The molecule has 12 nitrogen and oxygen atoms in total. The Morgan fingerprint density at radius 2 is 1.02 bits per heavy atom. The lowest BCUT2D eigenvalue weighted by atomic mass is 10.1. The molecule has 4 N–H and O–H groups in total. The minimum atomic E-state index is -1.97. The second kappa shape index (κ2) is 18.8. The number of hydrogen-bond donors (Lipinski definition) is 2. The molecule has 3 aromatic rings. The fourth-order valence-electron chi connectivity index (χ4n) is 7.10. The van der Waals surface area contributed by atoms with Crippen LogP contribution in [0.25, 0.3) is 0 Å². The SMILES string of the molecule is COc1cc(C(=O)N2CCC[C@H]2CO[Si](C)(C)C(C)(C)C)c(N)cc1OCc1cccc(COc2cc(N)c(C(=O)N3CCC[C@H]3CO[Si](C)(C)C(C)(C)C)cc2OC)c1. The Kier molecular flexibility index (Phi) is 14.7. The lowest BCUT2D eigenvalue weighted by Crippen LogP contribution is -2.46. The summed E-state index contributed by atoms with van der Waals surface area (Å²) in [6, 6.07) is 14.5. The Hall–Kier alpha value is -4.25. The minimum Gasteiger partial charge on any atom is -0.493 e. The highest BCUT2D eigenvalue weighted by Crippen LogP contribution is 2.40. The number of nitrogen functional groups attached to an aromatic ring is 2. The van der Waals surface area contributed by atoms with Crippen LogP contribution in [-0.4, -0.2) is 90.9 Å². The largest absolute Gasteiger partial charge is 0.493 e. The molecule has 0 bridgehead atoms. The highest BCUT2D eigenvalue weighted by atomic mass is 28.4. The molecule has 2 amide bonds. The molecule has 14 heteroatoms. The number of rotatable bonds is 16. The van der Waals surface area contributed by atoms with Crippen LogP contribution in [0.3, 0.4) is 0 Å². The Morgan fingerprint density at radius 3 is 1.37 bits per heavy atom. The van der Waals surface area contributed by atoms with Gasteiger partial charge in [-0.05, 0) is 91.3 Å². The smallest absolute Gasteiger partial charge is 0.256 e. The maximum Gasteiger partial charge on any atom is 0.256 e. The van der Waals surface area contributed by atoms with Crippen molar-refractivity contribution in [1.82, 2.24) is 9.80 Å². The molecular weight excluding hydrogens is 793 g/mol. The predicted octanol–water partition coefficient (Wildman–Crippen LogP) is 9.28. The number of carbonyl (C=O) groups is 2. The van der Waals surface area contributed by atoms with Gasteiger partial charge >= 0.3 is 0 Å². The molecule has 2 aliphatic rings. The number of hydrogen-bond acceptors (Lipinski definition) is 10. The first-order valence-electron chi connectivity index (χ1n) is 21.2. The number of carbonyl (C=O) groups excluding carboxylic acids is 2. The molecule has 0 saturated carbocycles. The number of methoxy groups -OCH3 is 2. The summed E-state index contributed by atoms with van der Waals surface area (Å²) >= 11 is 0. The van der Waals surface area contributed by atoms with Gasteiger partial charge in [-0.3, -0.25) is 9.59 Å². The van der Waals surface area contributed by atoms with Crippen molar-refractivity contribution < 1.29 is 37.4 Å². The standard InChI is InChI=1S/C46H70N4O8Si2/c1-45(2,3)59(9,10)57-29-33-18-14-20-49(33)43(51)35-23-39(53-7)41(25-37(35)47)55-27-31-16-13-17-32(22-31)28-56-42-26-38(48)36(24-40(42)54-8)44(52)50-21-15-19-34(50)30-58-60(11,12)46(4,5)6/h13,16-17,22-26,33-34H,14-15,18-21,27-30,47-48H2,1-12H3/t33-,34-/m0/s1. The third-order valence-electron chi connectivity index (χ3n) is 13.1. The Balaban J connectivity index is 1.21. The third-order valence-corrected chi connectivity index (χ3v) is 22.1. The molecule has 2 atom stereocenters. The summed E-state index contributed by atoms with van der Waals surface area (Å²) in [6.07, 6.45) is 3.63. The fourth-order valence-corrected chi connectivity index (χ4v) is 9.19. The van der Waals surface area contributed by atoms with Crippen LogP contribution in [0.5, 0.6) is 23.0 Å². The van der Waals surface area contributed by atoms with Gasteiger partial charge in [-0.15, -0.1) is 0 Å². The average Bonchev–Trinajstić information content (AvgIpc) is 3.87. The van der Waals surface area contributed by atoms with E-state index in [9.17, 15) is 9.59 Å². The van der Waals surface area contributed by atoms with Crippen molar-refractivity contribution in [2.45, 2.75) is 129 Å². The first kappa shape index (κ1) is 46.8. The van der Waals surface area contributed by atoms with Crippen molar-refractivity contribution in [3.05, 3.63) is 70.8 Å². The predicted molar refractivity (Wildman–Crippen MR) is 244 cm³/mol.